The Kier molecular flexibility index (Phi) is 5.72. The standard InChI is InChI=1S/C12H18N2O2S/c1-2-3-9-13-10-11-14-17(15,16)12-7-5-4-6-8-12/h3-9,13-14H,2,10-11H2,1H3/b9-3+. The average Bonchev–Trinajstić information content (AvgIpc) is 2.35. The molecule has 0 aliphatic rings. The van der Waals surface area contributed by atoms with Gasteiger partial charge in [0.1, 0.15) is 0 Å². The Hall–Kier alpha value is -1.33. The van der Waals surface area contributed by atoms with E-state index in [2.05, 4.69) is 10.0 Å². The molecule has 0 saturated heterocycles. The van der Waals surface area contributed by atoms with Crippen molar-refractivity contribution in [3.05, 3.63) is 42.6 Å². The lowest BCUT2D eigenvalue weighted by Gasteiger charge is -2.06. The lowest BCUT2D eigenvalue weighted by atomic mass is 10.4. The van der Waals surface area contributed by atoms with E-state index in [1.807, 2.05) is 19.2 Å². The Bertz CT molecular complexity index is 441. The molecule has 1 aromatic carbocycles. The number of allylic oxidation sites excluding steroid dienone is 1. The van der Waals surface area contributed by atoms with Crippen LogP contribution in [0.3, 0.4) is 0 Å². The zero-order valence-electron chi connectivity index (χ0n) is 9.89. The molecule has 0 atom stereocenters. The Morgan fingerprint density at radius 3 is 2.53 bits per heavy atom. The highest BCUT2D eigenvalue weighted by atomic mass is 32.2. The van der Waals surface area contributed by atoms with Crippen molar-refractivity contribution in [3.8, 4) is 0 Å². The summed E-state index contributed by atoms with van der Waals surface area (Å²) in [4.78, 5) is 0.295. The molecule has 2 N–H and O–H groups in total. The summed E-state index contributed by atoms with van der Waals surface area (Å²) >= 11 is 0. The largest absolute Gasteiger partial charge is 0.390 e. The molecule has 0 bridgehead atoms. The van der Waals surface area contributed by atoms with Crippen LogP contribution in [-0.2, 0) is 10.0 Å². The molecule has 5 heteroatoms. The van der Waals surface area contributed by atoms with Gasteiger partial charge >= 0.3 is 0 Å². The van der Waals surface area contributed by atoms with Gasteiger partial charge in [0.25, 0.3) is 0 Å². The molecular formula is C12H18N2O2S. The molecule has 0 spiro atoms. The van der Waals surface area contributed by atoms with E-state index in [1.165, 1.54) is 0 Å². The predicted octanol–water partition coefficient (Wildman–Crippen LogP) is 1.48. The summed E-state index contributed by atoms with van der Waals surface area (Å²) in [5.41, 5.74) is 0. The van der Waals surface area contributed by atoms with Gasteiger partial charge in [0.05, 0.1) is 4.90 Å². The van der Waals surface area contributed by atoms with Crippen LogP contribution in [0.1, 0.15) is 13.3 Å². The van der Waals surface area contributed by atoms with Gasteiger partial charge in [-0.3, -0.25) is 0 Å². The van der Waals surface area contributed by atoms with Gasteiger partial charge in [0.15, 0.2) is 0 Å². The SMILES string of the molecule is CC/C=C/NCCNS(=O)(=O)c1ccccc1. The first kappa shape index (κ1) is 13.7. The zero-order chi connectivity index (χ0) is 12.6. The van der Waals surface area contributed by atoms with Crippen LogP contribution in [0.4, 0.5) is 0 Å². The van der Waals surface area contributed by atoms with E-state index in [4.69, 9.17) is 0 Å². The van der Waals surface area contributed by atoms with Crippen molar-refractivity contribution in [2.45, 2.75) is 18.2 Å². The summed E-state index contributed by atoms with van der Waals surface area (Å²) in [6, 6.07) is 8.35. The van der Waals surface area contributed by atoms with Crippen LogP contribution >= 0.6 is 0 Å². The molecule has 4 nitrogen and oxygen atoms in total. The monoisotopic (exact) mass is 254 g/mol. The quantitative estimate of drug-likeness (QED) is 0.725. The van der Waals surface area contributed by atoms with E-state index in [0.717, 1.165) is 6.42 Å². The van der Waals surface area contributed by atoms with Gasteiger partial charge in [-0.2, -0.15) is 0 Å². The summed E-state index contributed by atoms with van der Waals surface area (Å²) in [6.45, 7) is 2.98. The summed E-state index contributed by atoms with van der Waals surface area (Å²) in [7, 11) is -3.37. The minimum atomic E-state index is -3.37. The number of hydrogen-bond acceptors (Lipinski definition) is 3. The van der Waals surface area contributed by atoms with Crippen molar-refractivity contribution in [2.75, 3.05) is 13.1 Å². The van der Waals surface area contributed by atoms with E-state index in [1.54, 1.807) is 30.3 Å². The van der Waals surface area contributed by atoms with Gasteiger partial charge in [-0.25, -0.2) is 13.1 Å². The number of benzene rings is 1. The number of sulfonamides is 1. The summed E-state index contributed by atoms with van der Waals surface area (Å²) in [6.07, 6.45) is 4.77. The topological polar surface area (TPSA) is 58.2 Å². The fraction of sp³-hybridized carbons (Fsp3) is 0.333. The highest BCUT2D eigenvalue weighted by Gasteiger charge is 2.11. The number of hydrogen-bond donors (Lipinski definition) is 2. The van der Waals surface area contributed by atoms with Crippen molar-refractivity contribution in [1.82, 2.24) is 10.0 Å². The Morgan fingerprint density at radius 2 is 1.88 bits per heavy atom. The third-order valence-electron chi connectivity index (χ3n) is 2.09. The first-order valence-electron chi connectivity index (χ1n) is 5.60. The maximum atomic E-state index is 11.8. The average molecular weight is 254 g/mol. The van der Waals surface area contributed by atoms with Crippen LogP contribution in [0.5, 0.6) is 0 Å². The molecule has 0 aliphatic carbocycles. The normalized spacial score (nSPS) is 11.8. The van der Waals surface area contributed by atoms with Crippen LogP contribution in [0.2, 0.25) is 0 Å². The Labute approximate surface area is 103 Å². The van der Waals surface area contributed by atoms with Gasteiger partial charge in [0, 0.05) is 13.1 Å². The molecule has 0 aromatic heterocycles. The number of nitrogens with one attached hydrogen (secondary N) is 2. The molecule has 1 aromatic rings. The third kappa shape index (κ3) is 5.01. The Balaban J connectivity index is 2.39. The Morgan fingerprint density at radius 1 is 1.18 bits per heavy atom. The highest BCUT2D eigenvalue weighted by Crippen LogP contribution is 2.06. The van der Waals surface area contributed by atoms with Crippen molar-refractivity contribution < 1.29 is 8.42 Å². The molecule has 0 aliphatic heterocycles. The third-order valence-corrected chi connectivity index (χ3v) is 3.56. The molecule has 0 fully saturated rings. The second kappa shape index (κ2) is 7.09. The number of rotatable bonds is 7. The predicted molar refractivity (Wildman–Crippen MR) is 69.1 cm³/mol. The molecule has 0 unspecified atom stereocenters. The van der Waals surface area contributed by atoms with E-state index in [-0.39, 0.29) is 0 Å². The van der Waals surface area contributed by atoms with Crippen molar-refractivity contribution in [3.63, 3.8) is 0 Å². The van der Waals surface area contributed by atoms with E-state index >= 15 is 0 Å². The lowest BCUT2D eigenvalue weighted by molar-refractivity contribution is 0.580. The van der Waals surface area contributed by atoms with Crippen molar-refractivity contribution in [2.24, 2.45) is 0 Å². The van der Waals surface area contributed by atoms with Crippen LogP contribution in [0.15, 0.2) is 47.5 Å². The van der Waals surface area contributed by atoms with Crippen LogP contribution in [0.25, 0.3) is 0 Å². The molecular weight excluding hydrogens is 236 g/mol. The van der Waals surface area contributed by atoms with Crippen LogP contribution in [-0.4, -0.2) is 21.5 Å². The lowest BCUT2D eigenvalue weighted by Crippen LogP contribution is -2.30. The minimum absolute atomic E-state index is 0.295. The molecule has 1 rings (SSSR count). The molecule has 94 valence electrons. The van der Waals surface area contributed by atoms with Crippen LogP contribution < -0.4 is 10.0 Å². The second-order valence-corrected chi connectivity index (χ2v) is 5.24. The minimum Gasteiger partial charge on any atom is -0.390 e. The first-order valence-corrected chi connectivity index (χ1v) is 7.08. The van der Waals surface area contributed by atoms with E-state index in [9.17, 15) is 8.42 Å². The van der Waals surface area contributed by atoms with E-state index in [0.29, 0.717) is 18.0 Å². The van der Waals surface area contributed by atoms with Crippen LogP contribution in [0, 0.1) is 0 Å². The fourth-order valence-electron chi connectivity index (χ4n) is 1.23. The smallest absolute Gasteiger partial charge is 0.240 e. The highest BCUT2D eigenvalue weighted by molar-refractivity contribution is 7.89. The van der Waals surface area contributed by atoms with Crippen molar-refractivity contribution >= 4 is 10.0 Å². The zero-order valence-corrected chi connectivity index (χ0v) is 10.7. The van der Waals surface area contributed by atoms with E-state index < -0.39 is 10.0 Å². The van der Waals surface area contributed by atoms with Gasteiger partial charge in [-0.1, -0.05) is 31.2 Å². The fourth-order valence-corrected chi connectivity index (χ4v) is 2.28. The summed E-state index contributed by atoms with van der Waals surface area (Å²) in [5.74, 6) is 0. The molecule has 0 saturated carbocycles. The molecule has 0 radical (unpaired) electrons. The maximum absolute atomic E-state index is 11.8. The second-order valence-electron chi connectivity index (χ2n) is 3.48. The van der Waals surface area contributed by atoms with Crippen molar-refractivity contribution in [1.29, 1.82) is 0 Å². The van der Waals surface area contributed by atoms with Gasteiger partial charge in [0.2, 0.25) is 10.0 Å². The molecule has 17 heavy (non-hydrogen) atoms. The van der Waals surface area contributed by atoms with Gasteiger partial charge in [-0.05, 0) is 24.8 Å². The summed E-state index contributed by atoms with van der Waals surface area (Å²) in [5, 5.41) is 3.00. The molecule has 0 heterocycles. The maximum Gasteiger partial charge on any atom is 0.240 e. The molecule has 0 amide bonds. The first-order chi connectivity index (χ1) is 8.17. The van der Waals surface area contributed by atoms with Gasteiger partial charge in [-0.15, -0.1) is 0 Å². The van der Waals surface area contributed by atoms with Gasteiger partial charge < -0.3 is 5.32 Å². The summed E-state index contributed by atoms with van der Waals surface area (Å²) < 4.78 is 26.1.